The number of hydrogen-bond donors (Lipinski definition) is 0. The van der Waals surface area contributed by atoms with E-state index in [4.69, 9.17) is 4.74 Å². The molecule has 0 fully saturated rings. The van der Waals surface area contributed by atoms with Gasteiger partial charge in [-0.1, -0.05) is 60.7 Å². The van der Waals surface area contributed by atoms with Crippen molar-refractivity contribution in [3.05, 3.63) is 83.4 Å². The molecule has 2 aromatic carbocycles. The molecule has 1 aliphatic heterocycles. The van der Waals surface area contributed by atoms with Gasteiger partial charge in [0, 0.05) is 5.56 Å². The van der Waals surface area contributed by atoms with E-state index in [1.807, 2.05) is 66.7 Å². The first kappa shape index (κ1) is 11.5. The highest BCUT2D eigenvalue weighted by molar-refractivity contribution is 6.05. The molecule has 2 heteroatoms. The van der Waals surface area contributed by atoms with Crippen molar-refractivity contribution in [3.63, 3.8) is 0 Å². The fourth-order valence-corrected chi connectivity index (χ4v) is 1.96. The normalized spacial score (nSPS) is 16.3. The zero-order valence-corrected chi connectivity index (χ0v) is 10.2. The Morgan fingerprint density at radius 2 is 1.47 bits per heavy atom. The Bertz CT molecular complexity index is 652. The van der Waals surface area contributed by atoms with Crippen molar-refractivity contribution in [2.45, 2.75) is 0 Å². The predicted octanol–water partition coefficient (Wildman–Crippen LogP) is 3.67. The fraction of sp³-hybridized carbons (Fsp3) is 0. The Morgan fingerprint density at radius 3 is 2.16 bits per heavy atom. The van der Waals surface area contributed by atoms with Gasteiger partial charge in [-0.3, -0.25) is 0 Å². The van der Waals surface area contributed by atoms with Gasteiger partial charge in [0.15, 0.2) is 0 Å². The molecular formula is C17H12O2. The van der Waals surface area contributed by atoms with Gasteiger partial charge in [0.2, 0.25) is 0 Å². The third-order valence-electron chi connectivity index (χ3n) is 2.91. The van der Waals surface area contributed by atoms with Crippen molar-refractivity contribution in [2.75, 3.05) is 0 Å². The van der Waals surface area contributed by atoms with Crippen LogP contribution in [0.3, 0.4) is 0 Å². The average molecular weight is 248 g/mol. The summed E-state index contributed by atoms with van der Waals surface area (Å²) < 4.78 is 5.29. The topological polar surface area (TPSA) is 26.3 Å². The highest BCUT2D eigenvalue weighted by atomic mass is 16.5. The van der Waals surface area contributed by atoms with Gasteiger partial charge in [-0.05, 0) is 17.7 Å². The number of esters is 1. The number of cyclic esters (lactones) is 1. The number of benzene rings is 2. The van der Waals surface area contributed by atoms with Crippen LogP contribution in [0, 0.1) is 0 Å². The molecule has 0 aromatic heterocycles. The van der Waals surface area contributed by atoms with Crippen LogP contribution < -0.4 is 0 Å². The van der Waals surface area contributed by atoms with Gasteiger partial charge < -0.3 is 4.74 Å². The Labute approximate surface area is 111 Å². The highest BCUT2D eigenvalue weighted by Crippen LogP contribution is 2.27. The zero-order chi connectivity index (χ0) is 13.1. The number of carbonyl (C=O) groups excluding carboxylic acids is 1. The lowest BCUT2D eigenvalue weighted by Gasteiger charge is -1.99. The molecular weight excluding hydrogens is 236 g/mol. The summed E-state index contributed by atoms with van der Waals surface area (Å²) in [5.41, 5.74) is 2.47. The van der Waals surface area contributed by atoms with Crippen LogP contribution in [0.25, 0.3) is 11.8 Å². The van der Waals surface area contributed by atoms with Gasteiger partial charge in [-0.2, -0.15) is 0 Å². The number of hydrogen-bond acceptors (Lipinski definition) is 2. The van der Waals surface area contributed by atoms with Crippen LogP contribution in [0.2, 0.25) is 0 Å². The van der Waals surface area contributed by atoms with E-state index < -0.39 is 0 Å². The molecule has 1 aliphatic rings. The van der Waals surface area contributed by atoms with Gasteiger partial charge in [0.1, 0.15) is 5.76 Å². The van der Waals surface area contributed by atoms with Gasteiger partial charge in [-0.15, -0.1) is 0 Å². The number of rotatable bonds is 2. The molecule has 0 N–H and O–H groups in total. The molecule has 0 spiro atoms. The van der Waals surface area contributed by atoms with Crippen LogP contribution in [0.15, 0.2) is 72.3 Å². The first-order valence-electron chi connectivity index (χ1n) is 6.09. The van der Waals surface area contributed by atoms with E-state index in [1.165, 1.54) is 0 Å². The molecule has 0 bridgehead atoms. The van der Waals surface area contributed by atoms with Crippen LogP contribution >= 0.6 is 0 Å². The number of ether oxygens (including phenoxy) is 1. The maximum atomic E-state index is 11.8. The van der Waals surface area contributed by atoms with E-state index in [2.05, 4.69) is 0 Å². The van der Waals surface area contributed by atoms with Gasteiger partial charge in [0.05, 0.1) is 5.57 Å². The molecule has 0 atom stereocenters. The fourth-order valence-electron chi connectivity index (χ4n) is 1.96. The monoisotopic (exact) mass is 248 g/mol. The van der Waals surface area contributed by atoms with E-state index in [9.17, 15) is 4.79 Å². The summed E-state index contributed by atoms with van der Waals surface area (Å²) >= 11 is 0. The molecule has 3 rings (SSSR count). The maximum absolute atomic E-state index is 11.8. The van der Waals surface area contributed by atoms with E-state index in [0.29, 0.717) is 11.3 Å². The summed E-state index contributed by atoms with van der Waals surface area (Å²) in [4.78, 5) is 11.8. The molecule has 1 heterocycles. The molecule has 0 unspecified atom stereocenters. The molecule has 92 valence electrons. The smallest absolute Gasteiger partial charge is 0.343 e. The van der Waals surface area contributed by atoms with Crippen LogP contribution in [0.4, 0.5) is 0 Å². The van der Waals surface area contributed by atoms with Gasteiger partial charge in [-0.25, -0.2) is 4.79 Å². The molecule has 0 saturated heterocycles. The van der Waals surface area contributed by atoms with E-state index in [0.717, 1.165) is 11.1 Å². The lowest BCUT2D eigenvalue weighted by Crippen LogP contribution is -1.96. The summed E-state index contributed by atoms with van der Waals surface area (Å²) in [6.07, 6.45) is 3.61. The van der Waals surface area contributed by atoms with Crippen molar-refractivity contribution in [3.8, 4) is 0 Å². The van der Waals surface area contributed by atoms with E-state index in [1.54, 1.807) is 6.08 Å². The quantitative estimate of drug-likeness (QED) is 0.598. The zero-order valence-electron chi connectivity index (χ0n) is 10.2. The molecule has 0 radical (unpaired) electrons. The van der Waals surface area contributed by atoms with Gasteiger partial charge >= 0.3 is 5.97 Å². The van der Waals surface area contributed by atoms with Gasteiger partial charge in [0.25, 0.3) is 0 Å². The van der Waals surface area contributed by atoms with Crippen LogP contribution in [0.5, 0.6) is 0 Å². The summed E-state index contributed by atoms with van der Waals surface area (Å²) in [7, 11) is 0. The Morgan fingerprint density at radius 1 is 0.842 bits per heavy atom. The highest BCUT2D eigenvalue weighted by Gasteiger charge is 2.21. The third-order valence-corrected chi connectivity index (χ3v) is 2.91. The molecule has 0 amide bonds. The lowest BCUT2D eigenvalue weighted by molar-refractivity contribution is -0.130. The SMILES string of the molecule is O=C1OC(c2ccccc2)=C/C1=C/c1ccccc1. The minimum atomic E-state index is -0.303. The summed E-state index contributed by atoms with van der Waals surface area (Å²) in [5, 5.41) is 0. The first-order chi connectivity index (χ1) is 9.33. The van der Waals surface area contributed by atoms with Crippen molar-refractivity contribution in [1.82, 2.24) is 0 Å². The second kappa shape index (κ2) is 4.94. The van der Waals surface area contributed by atoms with E-state index >= 15 is 0 Å². The first-order valence-corrected chi connectivity index (χ1v) is 6.09. The van der Waals surface area contributed by atoms with Crippen molar-refractivity contribution in [1.29, 1.82) is 0 Å². The standard InChI is InChI=1S/C17H12O2/c18-17-15(11-13-7-3-1-4-8-13)12-16(19-17)14-9-5-2-6-10-14/h1-12H/b15-11-. The Balaban J connectivity index is 1.94. The average Bonchev–Trinajstić information content (AvgIpc) is 2.82. The van der Waals surface area contributed by atoms with Crippen molar-refractivity contribution >= 4 is 17.8 Å². The second-order valence-corrected chi connectivity index (χ2v) is 4.27. The minimum Gasteiger partial charge on any atom is -0.422 e. The van der Waals surface area contributed by atoms with Crippen molar-refractivity contribution < 1.29 is 9.53 Å². The summed E-state index contributed by atoms with van der Waals surface area (Å²) in [6.45, 7) is 0. The Hall–Kier alpha value is -2.61. The second-order valence-electron chi connectivity index (χ2n) is 4.27. The summed E-state index contributed by atoms with van der Waals surface area (Å²) in [5.74, 6) is 0.301. The number of carbonyl (C=O) groups is 1. The Kier molecular flexibility index (Phi) is 2.99. The molecule has 19 heavy (non-hydrogen) atoms. The molecule has 2 nitrogen and oxygen atoms in total. The van der Waals surface area contributed by atoms with Crippen LogP contribution in [-0.4, -0.2) is 5.97 Å². The van der Waals surface area contributed by atoms with E-state index in [-0.39, 0.29) is 5.97 Å². The predicted molar refractivity (Wildman–Crippen MR) is 74.9 cm³/mol. The summed E-state index contributed by atoms with van der Waals surface area (Å²) in [6, 6.07) is 19.3. The maximum Gasteiger partial charge on any atom is 0.343 e. The largest absolute Gasteiger partial charge is 0.422 e. The third kappa shape index (κ3) is 2.47. The molecule has 0 aliphatic carbocycles. The van der Waals surface area contributed by atoms with Crippen LogP contribution in [-0.2, 0) is 9.53 Å². The minimum absolute atomic E-state index is 0.303. The lowest BCUT2D eigenvalue weighted by atomic mass is 10.1. The van der Waals surface area contributed by atoms with Crippen molar-refractivity contribution in [2.24, 2.45) is 0 Å². The molecule has 0 saturated carbocycles. The van der Waals surface area contributed by atoms with Crippen LogP contribution in [0.1, 0.15) is 11.1 Å². The molecule has 2 aromatic rings.